The Labute approximate surface area is 163 Å². The quantitative estimate of drug-likeness (QED) is 0.881. The van der Waals surface area contributed by atoms with Crippen LogP contribution in [0.2, 0.25) is 0 Å². The lowest BCUT2D eigenvalue weighted by Crippen LogP contribution is -2.36. The maximum absolute atomic E-state index is 13.5. The summed E-state index contributed by atoms with van der Waals surface area (Å²) in [7, 11) is 0. The van der Waals surface area contributed by atoms with Crippen molar-refractivity contribution in [3.05, 3.63) is 53.1 Å². The van der Waals surface area contributed by atoms with Crippen LogP contribution in [-0.4, -0.2) is 39.1 Å². The molecule has 6 nitrogen and oxygen atoms in total. The second kappa shape index (κ2) is 8.12. The van der Waals surface area contributed by atoms with E-state index in [1.54, 1.807) is 21.7 Å². The summed E-state index contributed by atoms with van der Waals surface area (Å²) in [5.41, 5.74) is 1.46. The lowest BCUT2D eigenvalue weighted by molar-refractivity contribution is 0.0745. The minimum absolute atomic E-state index is 0.175. The van der Waals surface area contributed by atoms with Crippen LogP contribution in [0.1, 0.15) is 65.1 Å². The Bertz CT molecular complexity index is 873. The van der Waals surface area contributed by atoms with Crippen molar-refractivity contribution < 1.29 is 14.0 Å². The van der Waals surface area contributed by atoms with Crippen LogP contribution in [0.3, 0.4) is 0 Å². The Balaban J connectivity index is 1.49. The fraction of sp³-hybridized carbons (Fsp3) is 0.476. The standard InChI is InChI=1S/C21H25FN4O2/c22-16-7-4-6-15(12-16)14-25-10-5-11-26-19(21(25)28)13-18(24-26)20(27)23-17-8-2-1-3-9-17/h4,6-7,12-13,17H,1-3,5,8-11,14H2,(H,23,27). The monoisotopic (exact) mass is 384 g/mol. The maximum atomic E-state index is 13.5. The first-order valence-corrected chi connectivity index (χ1v) is 10.0. The molecular formula is C21H25FN4O2. The van der Waals surface area contributed by atoms with E-state index in [9.17, 15) is 14.0 Å². The molecule has 0 atom stereocenters. The van der Waals surface area contributed by atoms with Crippen LogP contribution < -0.4 is 5.32 Å². The number of carbonyl (C=O) groups is 2. The zero-order valence-corrected chi connectivity index (χ0v) is 15.9. The highest BCUT2D eigenvalue weighted by Gasteiger charge is 2.27. The molecule has 1 aliphatic carbocycles. The van der Waals surface area contributed by atoms with Gasteiger partial charge < -0.3 is 10.2 Å². The number of halogens is 1. The van der Waals surface area contributed by atoms with Crippen LogP contribution in [0.15, 0.2) is 30.3 Å². The van der Waals surface area contributed by atoms with Crippen molar-refractivity contribution in [1.82, 2.24) is 20.0 Å². The number of amides is 2. The number of hydrogen-bond acceptors (Lipinski definition) is 3. The smallest absolute Gasteiger partial charge is 0.272 e. The van der Waals surface area contributed by atoms with Crippen LogP contribution in [0.4, 0.5) is 4.39 Å². The molecule has 0 bridgehead atoms. The van der Waals surface area contributed by atoms with Crippen molar-refractivity contribution in [3.63, 3.8) is 0 Å². The number of rotatable bonds is 4. The molecule has 2 heterocycles. The number of nitrogens with one attached hydrogen (secondary N) is 1. The molecule has 0 spiro atoms. The fourth-order valence-corrected chi connectivity index (χ4v) is 4.06. The molecule has 148 valence electrons. The molecule has 0 radical (unpaired) electrons. The van der Waals surface area contributed by atoms with Crippen molar-refractivity contribution in [2.24, 2.45) is 0 Å². The molecule has 0 saturated heterocycles. The molecule has 2 aliphatic rings. The van der Waals surface area contributed by atoms with Gasteiger partial charge in [0.2, 0.25) is 0 Å². The van der Waals surface area contributed by atoms with Gasteiger partial charge in [-0.3, -0.25) is 14.3 Å². The van der Waals surface area contributed by atoms with Crippen LogP contribution >= 0.6 is 0 Å². The first-order chi connectivity index (χ1) is 13.6. The zero-order chi connectivity index (χ0) is 19.5. The number of fused-ring (bicyclic) bond motifs is 1. The Morgan fingerprint density at radius 3 is 2.75 bits per heavy atom. The SMILES string of the molecule is O=C(NC1CCCCC1)c1cc2n(n1)CCCN(Cc1cccc(F)c1)C2=O. The Morgan fingerprint density at radius 1 is 1.14 bits per heavy atom. The van der Waals surface area contributed by atoms with E-state index in [2.05, 4.69) is 10.4 Å². The van der Waals surface area contributed by atoms with Gasteiger partial charge in [0.15, 0.2) is 5.69 Å². The summed E-state index contributed by atoms with van der Waals surface area (Å²) in [6.07, 6.45) is 6.23. The number of aromatic nitrogens is 2. The van der Waals surface area contributed by atoms with E-state index < -0.39 is 0 Å². The van der Waals surface area contributed by atoms with Crippen molar-refractivity contribution in [3.8, 4) is 0 Å². The van der Waals surface area contributed by atoms with Gasteiger partial charge in [-0.2, -0.15) is 5.10 Å². The summed E-state index contributed by atoms with van der Waals surface area (Å²) < 4.78 is 15.1. The molecule has 1 aliphatic heterocycles. The third-order valence-corrected chi connectivity index (χ3v) is 5.52. The highest BCUT2D eigenvalue weighted by molar-refractivity contribution is 5.98. The average molecular weight is 384 g/mol. The van der Waals surface area contributed by atoms with Gasteiger partial charge in [-0.05, 0) is 37.0 Å². The molecule has 1 saturated carbocycles. The molecular weight excluding hydrogens is 359 g/mol. The normalized spacial score (nSPS) is 17.9. The van der Waals surface area contributed by atoms with Crippen molar-refractivity contribution in [2.45, 2.75) is 57.7 Å². The molecule has 7 heteroatoms. The summed E-state index contributed by atoms with van der Waals surface area (Å²) in [6.45, 7) is 1.49. The molecule has 2 amide bonds. The van der Waals surface area contributed by atoms with Crippen molar-refractivity contribution in [2.75, 3.05) is 6.54 Å². The van der Waals surface area contributed by atoms with Gasteiger partial charge in [0.25, 0.3) is 11.8 Å². The first-order valence-electron chi connectivity index (χ1n) is 10.0. The van der Waals surface area contributed by atoms with Gasteiger partial charge in [0.1, 0.15) is 11.5 Å². The lowest BCUT2D eigenvalue weighted by Gasteiger charge is -2.22. The topological polar surface area (TPSA) is 67.2 Å². The molecule has 1 fully saturated rings. The minimum Gasteiger partial charge on any atom is -0.348 e. The molecule has 1 N–H and O–H groups in total. The number of carbonyl (C=O) groups excluding carboxylic acids is 2. The predicted molar refractivity (Wildman–Crippen MR) is 102 cm³/mol. The van der Waals surface area contributed by atoms with Crippen LogP contribution in [0.5, 0.6) is 0 Å². The van der Waals surface area contributed by atoms with E-state index >= 15 is 0 Å². The van der Waals surface area contributed by atoms with E-state index in [1.165, 1.54) is 18.6 Å². The molecule has 28 heavy (non-hydrogen) atoms. The summed E-state index contributed by atoms with van der Waals surface area (Å²) in [5.74, 6) is -0.700. The largest absolute Gasteiger partial charge is 0.348 e. The zero-order valence-electron chi connectivity index (χ0n) is 15.9. The maximum Gasteiger partial charge on any atom is 0.272 e. The Morgan fingerprint density at radius 2 is 1.96 bits per heavy atom. The second-order valence-corrected chi connectivity index (χ2v) is 7.66. The summed E-state index contributed by atoms with van der Waals surface area (Å²) in [4.78, 5) is 27.3. The van der Waals surface area contributed by atoms with Gasteiger partial charge in [-0.1, -0.05) is 31.4 Å². The van der Waals surface area contributed by atoms with Crippen molar-refractivity contribution >= 4 is 11.8 Å². The van der Waals surface area contributed by atoms with E-state index in [0.29, 0.717) is 31.0 Å². The van der Waals surface area contributed by atoms with Crippen molar-refractivity contribution in [1.29, 1.82) is 0 Å². The lowest BCUT2D eigenvalue weighted by atomic mass is 9.95. The van der Waals surface area contributed by atoms with Crippen LogP contribution in [0, 0.1) is 5.82 Å². The van der Waals surface area contributed by atoms with Gasteiger partial charge in [-0.15, -0.1) is 0 Å². The first kappa shape index (κ1) is 18.7. The van der Waals surface area contributed by atoms with E-state index in [-0.39, 0.29) is 23.7 Å². The predicted octanol–water partition coefficient (Wildman–Crippen LogP) is 3.13. The fourth-order valence-electron chi connectivity index (χ4n) is 4.06. The molecule has 0 unspecified atom stereocenters. The van der Waals surface area contributed by atoms with Gasteiger partial charge in [-0.25, -0.2) is 4.39 Å². The van der Waals surface area contributed by atoms with Crippen LogP contribution in [-0.2, 0) is 13.1 Å². The molecule has 4 rings (SSSR count). The minimum atomic E-state index is -0.313. The van der Waals surface area contributed by atoms with Gasteiger partial charge in [0, 0.05) is 31.7 Å². The van der Waals surface area contributed by atoms with Gasteiger partial charge >= 0.3 is 0 Å². The average Bonchev–Trinajstić information content (AvgIpc) is 3.06. The van der Waals surface area contributed by atoms with Crippen LogP contribution in [0.25, 0.3) is 0 Å². The number of hydrogen-bond donors (Lipinski definition) is 1. The van der Waals surface area contributed by atoms with Gasteiger partial charge in [0.05, 0.1) is 0 Å². The third kappa shape index (κ3) is 4.08. The molecule has 1 aromatic heterocycles. The summed E-state index contributed by atoms with van der Waals surface area (Å²) in [5, 5.41) is 7.43. The Hall–Kier alpha value is -2.70. The second-order valence-electron chi connectivity index (χ2n) is 7.66. The number of benzene rings is 1. The third-order valence-electron chi connectivity index (χ3n) is 5.52. The van der Waals surface area contributed by atoms with E-state index in [0.717, 1.165) is 37.7 Å². The Kier molecular flexibility index (Phi) is 5.41. The molecule has 2 aromatic rings. The molecule has 1 aromatic carbocycles. The van der Waals surface area contributed by atoms with E-state index in [4.69, 9.17) is 0 Å². The highest BCUT2D eigenvalue weighted by atomic mass is 19.1. The highest BCUT2D eigenvalue weighted by Crippen LogP contribution is 2.19. The summed E-state index contributed by atoms with van der Waals surface area (Å²) in [6, 6.07) is 8.07. The van der Waals surface area contributed by atoms with E-state index in [1.807, 2.05) is 6.07 Å². The number of aryl methyl sites for hydroxylation is 1. The summed E-state index contributed by atoms with van der Waals surface area (Å²) >= 11 is 0. The number of nitrogens with zero attached hydrogens (tertiary/aromatic N) is 3.